The van der Waals surface area contributed by atoms with Crippen molar-refractivity contribution in [2.24, 2.45) is 5.10 Å². The third-order valence-corrected chi connectivity index (χ3v) is 3.71. The molecule has 7 heteroatoms. The summed E-state index contributed by atoms with van der Waals surface area (Å²) in [5, 5.41) is 14.9. The van der Waals surface area contributed by atoms with Gasteiger partial charge in [-0.25, -0.2) is 5.43 Å². The van der Waals surface area contributed by atoms with E-state index in [0.29, 0.717) is 28.2 Å². The first-order valence-corrected chi connectivity index (χ1v) is 7.78. The van der Waals surface area contributed by atoms with Gasteiger partial charge in [-0.05, 0) is 31.2 Å². The van der Waals surface area contributed by atoms with Crippen LogP contribution in [-0.2, 0) is 0 Å². The average Bonchev–Trinajstić information content (AvgIpc) is 3.11. The first kappa shape index (κ1) is 17.1. The molecule has 3 rings (SSSR count). The largest absolute Gasteiger partial charge is 0.455 e. The molecule has 0 saturated heterocycles. The molecule has 130 valence electrons. The van der Waals surface area contributed by atoms with Gasteiger partial charge in [0.05, 0.1) is 11.1 Å². The second-order valence-electron chi connectivity index (χ2n) is 5.53. The highest BCUT2D eigenvalue weighted by Gasteiger charge is 2.13. The van der Waals surface area contributed by atoms with Crippen LogP contribution in [-0.4, -0.2) is 17.0 Å². The van der Waals surface area contributed by atoms with Crippen LogP contribution in [0.4, 0.5) is 5.69 Å². The van der Waals surface area contributed by atoms with Crippen molar-refractivity contribution in [2.75, 3.05) is 0 Å². The Morgan fingerprint density at radius 2 is 1.92 bits per heavy atom. The van der Waals surface area contributed by atoms with E-state index in [9.17, 15) is 14.9 Å². The highest BCUT2D eigenvalue weighted by atomic mass is 16.6. The van der Waals surface area contributed by atoms with Crippen LogP contribution in [0.2, 0.25) is 0 Å². The number of benzene rings is 2. The van der Waals surface area contributed by atoms with Gasteiger partial charge in [-0.2, -0.15) is 5.10 Å². The number of amides is 1. The van der Waals surface area contributed by atoms with Gasteiger partial charge in [-0.3, -0.25) is 14.9 Å². The van der Waals surface area contributed by atoms with Crippen LogP contribution in [0, 0.1) is 17.0 Å². The predicted molar refractivity (Wildman–Crippen MR) is 97.0 cm³/mol. The molecule has 0 aliphatic rings. The van der Waals surface area contributed by atoms with Crippen LogP contribution >= 0.6 is 0 Å². The molecule has 0 aliphatic carbocycles. The number of nitrogens with zero attached hydrogens (tertiary/aromatic N) is 2. The number of hydrazone groups is 1. The molecule has 0 aliphatic heterocycles. The molecule has 2 aromatic carbocycles. The lowest BCUT2D eigenvalue weighted by molar-refractivity contribution is -0.385. The van der Waals surface area contributed by atoms with Crippen molar-refractivity contribution < 1.29 is 14.1 Å². The van der Waals surface area contributed by atoms with Gasteiger partial charge in [0.1, 0.15) is 11.5 Å². The van der Waals surface area contributed by atoms with Crippen LogP contribution < -0.4 is 5.43 Å². The van der Waals surface area contributed by atoms with E-state index in [2.05, 4.69) is 10.5 Å². The predicted octanol–water partition coefficient (Wildman–Crippen LogP) is 3.93. The Balaban J connectivity index is 1.71. The minimum absolute atomic E-state index is 0.0317. The maximum absolute atomic E-state index is 11.9. The van der Waals surface area contributed by atoms with Crippen LogP contribution in [0.5, 0.6) is 0 Å². The number of nitro benzene ring substituents is 1. The summed E-state index contributed by atoms with van der Waals surface area (Å²) in [6.45, 7) is 1.68. The topological polar surface area (TPSA) is 97.7 Å². The lowest BCUT2D eigenvalue weighted by atomic mass is 10.1. The van der Waals surface area contributed by atoms with Gasteiger partial charge < -0.3 is 4.42 Å². The van der Waals surface area contributed by atoms with Crippen LogP contribution in [0.1, 0.15) is 21.7 Å². The van der Waals surface area contributed by atoms with E-state index in [1.807, 2.05) is 6.07 Å². The molecule has 1 N–H and O–H groups in total. The second kappa shape index (κ2) is 7.43. The van der Waals surface area contributed by atoms with E-state index < -0.39 is 4.92 Å². The SMILES string of the molecule is Cc1ccc(-c2ccc(/C=N/NC(=O)c3ccccc3)o2)cc1[N+](=O)[O-]. The summed E-state index contributed by atoms with van der Waals surface area (Å²) in [6.07, 6.45) is 1.37. The first-order chi connectivity index (χ1) is 12.5. The maximum Gasteiger partial charge on any atom is 0.273 e. The average molecular weight is 349 g/mol. The molecule has 0 radical (unpaired) electrons. The number of rotatable bonds is 5. The quantitative estimate of drug-likeness (QED) is 0.429. The molecule has 0 atom stereocenters. The fourth-order valence-electron chi connectivity index (χ4n) is 2.35. The van der Waals surface area contributed by atoms with Crippen molar-refractivity contribution in [3.8, 4) is 11.3 Å². The Hall–Kier alpha value is -3.74. The standard InChI is InChI=1S/C19H15N3O4/c1-13-7-8-15(11-17(13)22(24)25)18-10-9-16(26-18)12-20-21-19(23)14-5-3-2-4-6-14/h2-12H,1H3,(H,21,23)/b20-12+. The van der Waals surface area contributed by atoms with Crippen molar-refractivity contribution in [1.29, 1.82) is 0 Å². The third-order valence-electron chi connectivity index (χ3n) is 3.71. The van der Waals surface area contributed by atoms with Gasteiger partial charge in [-0.1, -0.05) is 30.3 Å². The van der Waals surface area contributed by atoms with Crippen LogP contribution in [0.25, 0.3) is 11.3 Å². The fraction of sp³-hybridized carbons (Fsp3) is 0.0526. The lowest BCUT2D eigenvalue weighted by Gasteiger charge is -2.00. The van der Waals surface area contributed by atoms with E-state index in [-0.39, 0.29) is 11.6 Å². The van der Waals surface area contributed by atoms with Crippen molar-refractivity contribution in [3.63, 3.8) is 0 Å². The van der Waals surface area contributed by atoms with Crippen molar-refractivity contribution in [1.82, 2.24) is 5.43 Å². The highest BCUT2D eigenvalue weighted by molar-refractivity contribution is 5.94. The molecule has 0 spiro atoms. The smallest absolute Gasteiger partial charge is 0.273 e. The molecule has 3 aromatic rings. The minimum atomic E-state index is -0.427. The lowest BCUT2D eigenvalue weighted by Crippen LogP contribution is -2.17. The number of carbonyl (C=O) groups is 1. The number of nitro groups is 1. The summed E-state index contributed by atoms with van der Waals surface area (Å²) in [6, 6.07) is 16.9. The second-order valence-corrected chi connectivity index (χ2v) is 5.53. The summed E-state index contributed by atoms with van der Waals surface area (Å²) in [5.41, 5.74) is 4.11. The molecule has 1 heterocycles. The molecule has 0 unspecified atom stereocenters. The summed E-state index contributed by atoms with van der Waals surface area (Å²) in [4.78, 5) is 22.5. The zero-order valence-electron chi connectivity index (χ0n) is 13.9. The molecule has 0 saturated carbocycles. The number of hydrogen-bond acceptors (Lipinski definition) is 5. The number of nitrogens with one attached hydrogen (secondary N) is 1. The van der Waals surface area contributed by atoms with Crippen molar-refractivity contribution >= 4 is 17.8 Å². The maximum atomic E-state index is 11.9. The molecular weight excluding hydrogens is 334 g/mol. The Morgan fingerprint density at radius 3 is 2.65 bits per heavy atom. The van der Waals surface area contributed by atoms with Gasteiger partial charge in [0.25, 0.3) is 11.6 Å². The zero-order chi connectivity index (χ0) is 18.5. The summed E-state index contributed by atoms with van der Waals surface area (Å²) in [5.74, 6) is 0.559. The Morgan fingerprint density at radius 1 is 1.15 bits per heavy atom. The molecule has 0 bridgehead atoms. The number of hydrogen-bond donors (Lipinski definition) is 1. The van der Waals surface area contributed by atoms with Gasteiger partial charge in [0.15, 0.2) is 0 Å². The third kappa shape index (κ3) is 3.84. The van der Waals surface area contributed by atoms with E-state index >= 15 is 0 Å². The summed E-state index contributed by atoms with van der Waals surface area (Å²) >= 11 is 0. The Labute approximate surface area is 149 Å². The zero-order valence-corrected chi connectivity index (χ0v) is 13.9. The van der Waals surface area contributed by atoms with Crippen LogP contribution in [0.15, 0.2) is 70.2 Å². The van der Waals surface area contributed by atoms with E-state index in [0.717, 1.165) is 0 Å². The van der Waals surface area contributed by atoms with Gasteiger partial charge in [0, 0.05) is 22.8 Å². The molecular formula is C19H15N3O4. The normalized spacial score (nSPS) is 10.8. The molecule has 0 fully saturated rings. The van der Waals surface area contributed by atoms with Crippen molar-refractivity contribution in [3.05, 3.63) is 87.7 Å². The van der Waals surface area contributed by atoms with E-state index in [1.54, 1.807) is 55.5 Å². The number of furan rings is 1. The number of aryl methyl sites for hydroxylation is 1. The summed E-state index contributed by atoms with van der Waals surface area (Å²) < 4.78 is 5.61. The molecule has 7 nitrogen and oxygen atoms in total. The first-order valence-electron chi connectivity index (χ1n) is 7.78. The monoisotopic (exact) mass is 349 g/mol. The van der Waals surface area contributed by atoms with E-state index in [4.69, 9.17) is 4.42 Å². The van der Waals surface area contributed by atoms with E-state index in [1.165, 1.54) is 12.3 Å². The minimum Gasteiger partial charge on any atom is -0.455 e. The molecule has 1 aromatic heterocycles. The van der Waals surface area contributed by atoms with Crippen molar-refractivity contribution in [2.45, 2.75) is 6.92 Å². The Bertz CT molecular complexity index is 977. The van der Waals surface area contributed by atoms with Crippen LogP contribution in [0.3, 0.4) is 0 Å². The molecule has 26 heavy (non-hydrogen) atoms. The van der Waals surface area contributed by atoms with Gasteiger partial charge >= 0.3 is 0 Å². The summed E-state index contributed by atoms with van der Waals surface area (Å²) in [7, 11) is 0. The fourth-order valence-corrected chi connectivity index (χ4v) is 2.35. The number of carbonyl (C=O) groups excluding carboxylic acids is 1. The Kier molecular flexibility index (Phi) is 4.89. The van der Waals surface area contributed by atoms with Gasteiger partial charge in [-0.15, -0.1) is 0 Å². The van der Waals surface area contributed by atoms with Gasteiger partial charge in [0.2, 0.25) is 0 Å². The highest BCUT2D eigenvalue weighted by Crippen LogP contribution is 2.27. The molecule has 1 amide bonds.